The van der Waals surface area contributed by atoms with E-state index in [1.807, 2.05) is 6.07 Å². The fraction of sp³-hybridized carbons (Fsp3) is 0.318. The molecule has 8 nitrogen and oxygen atoms in total. The summed E-state index contributed by atoms with van der Waals surface area (Å²) in [6.07, 6.45) is 0. The number of nitrogens with one attached hydrogen (secondary N) is 1. The van der Waals surface area contributed by atoms with E-state index in [-0.39, 0.29) is 17.0 Å². The van der Waals surface area contributed by atoms with Crippen LogP contribution in [0.5, 0.6) is 11.5 Å². The fourth-order valence-electron chi connectivity index (χ4n) is 3.20. The van der Waals surface area contributed by atoms with Crippen molar-refractivity contribution in [2.45, 2.75) is 33.1 Å². The van der Waals surface area contributed by atoms with Crippen molar-refractivity contribution in [1.29, 1.82) is 0 Å². The van der Waals surface area contributed by atoms with Crippen molar-refractivity contribution >= 4 is 17.3 Å². The summed E-state index contributed by atoms with van der Waals surface area (Å²) in [6.45, 7) is 7.99. The molecular weight excluding hydrogens is 382 g/mol. The molecule has 0 aliphatic heterocycles. The molecule has 0 bridgehead atoms. The second-order valence-corrected chi connectivity index (χ2v) is 7.98. The van der Waals surface area contributed by atoms with Crippen LogP contribution in [0.3, 0.4) is 0 Å². The number of carbonyl (C=O) groups is 1. The van der Waals surface area contributed by atoms with Crippen LogP contribution in [-0.2, 0) is 5.41 Å². The number of hydrogen-bond donors (Lipinski definition) is 2. The van der Waals surface area contributed by atoms with E-state index in [0.717, 1.165) is 5.56 Å². The number of ether oxygens (including phenoxy) is 2. The zero-order valence-electron chi connectivity index (χ0n) is 18.1. The Bertz CT molecular complexity index is 1080. The zero-order chi connectivity index (χ0) is 22.1. The van der Waals surface area contributed by atoms with E-state index >= 15 is 0 Å². The Morgan fingerprint density at radius 1 is 1.10 bits per heavy atom. The molecule has 0 saturated heterocycles. The Morgan fingerprint density at radius 3 is 2.47 bits per heavy atom. The number of benzene rings is 2. The van der Waals surface area contributed by atoms with Gasteiger partial charge in [0, 0.05) is 17.4 Å². The maximum absolute atomic E-state index is 12.9. The van der Waals surface area contributed by atoms with Gasteiger partial charge in [-0.2, -0.15) is 0 Å². The SMILES string of the molecule is COc1ccc(OC)c(-n2nnc(C(=O)Nc3ccc(N)c(C(C)(C)C)c3)c2C)c1. The van der Waals surface area contributed by atoms with Gasteiger partial charge >= 0.3 is 0 Å². The molecule has 0 aliphatic carbocycles. The molecular formula is C22H27N5O3. The third-order valence-corrected chi connectivity index (χ3v) is 4.84. The summed E-state index contributed by atoms with van der Waals surface area (Å²) in [5.41, 5.74) is 9.67. The number of hydrogen-bond acceptors (Lipinski definition) is 6. The summed E-state index contributed by atoms with van der Waals surface area (Å²) in [6, 6.07) is 10.8. The van der Waals surface area contributed by atoms with Crippen LogP contribution in [0.1, 0.15) is 42.5 Å². The Balaban J connectivity index is 1.93. The molecule has 1 amide bonds. The molecule has 8 heteroatoms. The van der Waals surface area contributed by atoms with E-state index in [4.69, 9.17) is 15.2 Å². The van der Waals surface area contributed by atoms with Gasteiger partial charge in [0.05, 0.1) is 19.9 Å². The van der Waals surface area contributed by atoms with Crippen molar-refractivity contribution in [3.05, 3.63) is 53.3 Å². The lowest BCUT2D eigenvalue weighted by Gasteiger charge is -2.22. The van der Waals surface area contributed by atoms with Gasteiger partial charge in [0.1, 0.15) is 17.2 Å². The first kappa shape index (κ1) is 21.2. The van der Waals surface area contributed by atoms with Crippen molar-refractivity contribution in [1.82, 2.24) is 15.0 Å². The molecule has 0 aliphatic rings. The van der Waals surface area contributed by atoms with E-state index < -0.39 is 0 Å². The highest BCUT2D eigenvalue weighted by molar-refractivity contribution is 6.03. The molecule has 30 heavy (non-hydrogen) atoms. The summed E-state index contributed by atoms with van der Waals surface area (Å²) in [7, 11) is 3.15. The molecule has 3 rings (SSSR count). The lowest BCUT2D eigenvalue weighted by Crippen LogP contribution is -2.17. The molecule has 1 heterocycles. The first-order chi connectivity index (χ1) is 14.2. The summed E-state index contributed by atoms with van der Waals surface area (Å²) in [4.78, 5) is 12.9. The first-order valence-corrected chi connectivity index (χ1v) is 9.51. The molecule has 0 spiro atoms. The number of carbonyl (C=O) groups excluding carboxylic acids is 1. The van der Waals surface area contributed by atoms with Crippen LogP contribution < -0.4 is 20.5 Å². The van der Waals surface area contributed by atoms with Crippen LogP contribution >= 0.6 is 0 Å². The van der Waals surface area contributed by atoms with Crippen molar-refractivity contribution in [2.24, 2.45) is 0 Å². The standard InChI is InChI=1S/C22H27N5O3/c1-13-20(21(28)24-14-7-9-17(23)16(11-14)22(2,3)4)25-26-27(13)18-12-15(29-5)8-10-19(18)30-6/h7-12H,23H2,1-6H3,(H,24,28). The van der Waals surface area contributed by atoms with Crippen molar-refractivity contribution < 1.29 is 14.3 Å². The van der Waals surface area contributed by atoms with Crippen molar-refractivity contribution in [3.63, 3.8) is 0 Å². The predicted octanol–water partition coefficient (Wildman–Crippen LogP) is 3.72. The van der Waals surface area contributed by atoms with E-state index in [1.165, 1.54) is 0 Å². The van der Waals surface area contributed by atoms with Crippen LogP contribution in [0.15, 0.2) is 36.4 Å². The number of aromatic nitrogens is 3. The molecule has 158 valence electrons. The minimum Gasteiger partial charge on any atom is -0.497 e. The van der Waals surface area contributed by atoms with Gasteiger partial charge in [-0.25, -0.2) is 4.68 Å². The summed E-state index contributed by atoms with van der Waals surface area (Å²) < 4.78 is 12.3. The third kappa shape index (κ3) is 4.07. The van der Waals surface area contributed by atoms with Gasteiger partial charge in [0.15, 0.2) is 5.69 Å². The monoisotopic (exact) mass is 409 g/mol. The molecule has 1 aromatic heterocycles. The molecule has 0 atom stereocenters. The van der Waals surface area contributed by atoms with Gasteiger partial charge < -0.3 is 20.5 Å². The Morgan fingerprint density at radius 2 is 1.83 bits per heavy atom. The van der Waals surface area contributed by atoms with E-state index in [9.17, 15) is 4.79 Å². The maximum Gasteiger partial charge on any atom is 0.278 e. The van der Waals surface area contributed by atoms with E-state index in [2.05, 4.69) is 36.4 Å². The summed E-state index contributed by atoms with van der Waals surface area (Å²) in [5.74, 6) is 0.873. The summed E-state index contributed by atoms with van der Waals surface area (Å²) >= 11 is 0. The first-order valence-electron chi connectivity index (χ1n) is 9.51. The predicted molar refractivity (Wildman–Crippen MR) is 117 cm³/mol. The zero-order valence-corrected chi connectivity index (χ0v) is 18.1. The number of amides is 1. The second kappa shape index (κ2) is 8.06. The largest absolute Gasteiger partial charge is 0.497 e. The van der Waals surface area contributed by atoms with Crippen LogP contribution in [0.2, 0.25) is 0 Å². The topological polar surface area (TPSA) is 104 Å². The number of nitrogen functional groups attached to an aromatic ring is 1. The van der Waals surface area contributed by atoms with Gasteiger partial charge in [0.25, 0.3) is 5.91 Å². The number of nitrogens with two attached hydrogens (primary N) is 1. The Hall–Kier alpha value is -3.55. The highest BCUT2D eigenvalue weighted by Crippen LogP contribution is 2.31. The van der Waals surface area contributed by atoms with Crippen molar-refractivity contribution in [2.75, 3.05) is 25.3 Å². The molecule has 0 radical (unpaired) electrons. The lowest BCUT2D eigenvalue weighted by atomic mass is 9.85. The molecule has 3 aromatic rings. The maximum atomic E-state index is 12.9. The highest BCUT2D eigenvalue weighted by Gasteiger charge is 2.21. The third-order valence-electron chi connectivity index (χ3n) is 4.84. The van der Waals surface area contributed by atoms with Gasteiger partial charge in [-0.1, -0.05) is 26.0 Å². The quantitative estimate of drug-likeness (QED) is 0.622. The van der Waals surface area contributed by atoms with Crippen LogP contribution in [-0.4, -0.2) is 35.1 Å². The van der Waals surface area contributed by atoms with Crippen LogP contribution in [0, 0.1) is 6.92 Å². The fourth-order valence-corrected chi connectivity index (χ4v) is 3.20. The molecule has 3 N–H and O–H groups in total. The highest BCUT2D eigenvalue weighted by atomic mass is 16.5. The van der Waals surface area contributed by atoms with Crippen LogP contribution in [0.4, 0.5) is 11.4 Å². The molecule has 2 aromatic carbocycles. The van der Waals surface area contributed by atoms with E-state index in [0.29, 0.717) is 34.3 Å². The Labute approximate surface area is 176 Å². The number of anilines is 2. The summed E-state index contributed by atoms with van der Waals surface area (Å²) in [5, 5.41) is 11.1. The molecule has 0 saturated carbocycles. The van der Waals surface area contributed by atoms with E-state index in [1.54, 1.807) is 56.2 Å². The minimum atomic E-state index is -0.356. The normalized spacial score (nSPS) is 11.3. The number of nitrogens with zero attached hydrogens (tertiary/aromatic N) is 3. The van der Waals surface area contributed by atoms with Gasteiger partial charge in [0.2, 0.25) is 0 Å². The second-order valence-electron chi connectivity index (χ2n) is 7.98. The molecule has 0 fully saturated rings. The minimum absolute atomic E-state index is 0.146. The number of methoxy groups -OCH3 is 2. The average molecular weight is 409 g/mol. The van der Waals surface area contributed by atoms with Gasteiger partial charge in [-0.05, 0) is 48.2 Å². The number of rotatable bonds is 5. The average Bonchev–Trinajstić information content (AvgIpc) is 3.09. The molecule has 0 unspecified atom stereocenters. The van der Waals surface area contributed by atoms with Crippen LogP contribution in [0.25, 0.3) is 5.69 Å². The van der Waals surface area contributed by atoms with Crippen molar-refractivity contribution in [3.8, 4) is 17.2 Å². The lowest BCUT2D eigenvalue weighted by molar-refractivity contribution is 0.102. The van der Waals surface area contributed by atoms with Gasteiger partial charge in [-0.3, -0.25) is 4.79 Å². The smallest absolute Gasteiger partial charge is 0.278 e. The Kier molecular flexibility index (Phi) is 5.69. The van der Waals surface area contributed by atoms with Gasteiger partial charge in [-0.15, -0.1) is 5.10 Å².